The van der Waals surface area contributed by atoms with Gasteiger partial charge in [0, 0.05) is 5.57 Å². The molecule has 0 aromatic carbocycles. The van der Waals surface area contributed by atoms with E-state index in [1.165, 1.54) is 39.1 Å². The second-order valence-electron chi connectivity index (χ2n) is 4.43. The predicted octanol–water partition coefficient (Wildman–Crippen LogP) is 4.51. The summed E-state index contributed by atoms with van der Waals surface area (Å²) in [4.78, 5) is 11.6. The molecule has 0 bridgehead atoms. The maximum atomic E-state index is 11.6. The molecule has 3 heteroatoms. The molecule has 108 valence electrons. The normalized spacial score (nSPS) is 10.9. The highest BCUT2D eigenvalue weighted by Crippen LogP contribution is 2.15. The summed E-state index contributed by atoms with van der Waals surface area (Å²) in [6.45, 7) is 9.34. The molecule has 0 amide bonds. The molecule has 0 aromatic rings. The summed E-state index contributed by atoms with van der Waals surface area (Å²) in [6.07, 6.45) is 10.7. The molecular weight excluding hydrogens is 240 g/mol. The number of esters is 1. The Bertz CT molecular complexity index is 316. The van der Waals surface area contributed by atoms with Crippen molar-refractivity contribution in [1.82, 2.24) is 0 Å². The fourth-order valence-corrected chi connectivity index (χ4v) is 1.80. The highest BCUT2D eigenvalue weighted by atomic mass is 16.5. The van der Waals surface area contributed by atoms with Gasteiger partial charge in [0.1, 0.15) is 5.76 Å². The molecule has 19 heavy (non-hydrogen) atoms. The Hall–Kier alpha value is -1.51. The largest absolute Gasteiger partial charge is 0.466 e. The van der Waals surface area contributed by atoms with E-state index in [0.29, 0.717) is 17.8 Å². The van der Waals surface area contributed by atoms with Crippen molar-refractivity contribution in [1.29, 1.82) is 0 Å². The average molecular weight is 266 g/mol. The Morgan fingerprint density at radius 1 is 1.16 bits per heavy atom. The Morgan fingerprint density at radius 2 is 1.79 bits per heavy atom. The SMILES string of the molecule is C=COC(=C)/C=C(\CCCCCCCC)C(=O)OC. The molecule has 0 fully saturated rings. The first-order valence-electron chi connectivity index (χ1n) is 6.91. The van der Waals surface area contributed by atoms with E-state index in [9.17, 15) is 4.79 Å². The van der Waals surface area contributed by atoms with Crippen LogP contribution >= 0.6 is 0 Å². The maximum Gasteiger partial charge on any atom is 0.333 e. The molecule has 0 unspecified atom stereocenters. The molecule has 0 atom stereocenters. The summed E-state index contributed by atoms with van der Waals surface area (Å²) < 4.78 is 9.77. The van der Waals surface area contributed by atoms with E-state index in [1.54, 1.807) is 6.08 Å². The third-order valence-corrected chi connectivity index (χ3v) is 2.82. The van der Waals surface area contributed by atoms with Crippen LogP contribution in [0.4, 0.5) is 0 Å². The van der Waals surface area contributed by atoms with Crippen LogP contribution in [0.5, 0.6) is 0 Å². The zero-order valence-electron chi connectivity index (χ0n) is 12.2. The van der Waals surface area contributed by atoms with Crippen LogP contribution in [0, 0.1) is 0 Å². The number of hydrogen-bond donors (Lipinski definition) is 0. The number of methoxy groups -OCH3 is 1. The van der Waals surface area contributed by atoms with Gasteiger partial charge in [-0.05, 0) is 18.9 Å². The van der Waals surface area contributed by atoms with Crippen molar-refractivity contribution < 1.29 is 14.3 Å². The van der Waals surface area contributed by atoms with Crippen LogP contribution in [0.15, 0.2) is 36.8 Å². The van der Waals surface area contributed by atoms with Crippen LogP contribution < -0.4 is 0 Å². The van der Waals surface area contributed by atoms with Gasteiger partial charge in [0.25, 0.3) is 0 Å². The van der Waals surface area contributed by atoms with Gasteiger partial charge in [-0.15, -0.1) is 0 Å². The highest BCUT2D eigenvalue weighted by Gasteiger charge is 2.09. The monoisotopic (exact) mass is 266 g/mol. The van der Waals surface area contributed by atoms with Crippen LogP contribution in [-0.2, 0) is 14.3 Å². The van der Waals surface area contributed by atoms with Gasteiger partial charge in [0.2, 0.25) is 0 Å². The summed E-state index contributed by atoms with van der Waals surface area (Å²) >= 11 is 0. The lowest BCUT2D eigenvalue weighted by Crippen LogP contribution is -2.05. The predicted molar refractivity (Wildman–Crippen MR) is 78.5 cm³/mol. The van der Waals surface area contributed by atoms with E-state index in [0.717, 1.165) is 12.8 Å². The minimum absolute atomic E-state index is 0.317. The summed E-state index contributed by atoms with van der Waals surface area (Å²) in [6, 6.07) is 0. The second kappa shape index (κ2) is 11.6. The number of carbonyl (C=O) groups excluding carboxylic acids is 1. The topological polar surface area (TPSA) is 35.5 Å². The quantitative estimate of drug-likeness (QED) is 0.181. The van der Waals surface area contributed by atoms with Gasteiger partial charge < -0.3 is 9.47 Å². The van der Waals surface area contributed by atoms with Crippen molar-refractivity contribution in [3.05, 3.63) is 36.8 Å². The third kappa shape index (κ3) is 9.11. The van der Waals surface area contributed by atoms with Gasteiger partial charge in [0.05, 0.1) is 13.4 Å². The number of ether oxygens (including phenoxy) is 2. The van der Waals surface area contributed by atoms with Crippen molar-refractivity contribution in [2.75, 3.05) is 7.11 Å². The Labute approximate surface area is 117 Å². The smallest absolute Gasteiger partial charge is 0.333 e. The highest BCUT2D eigenvalue weighted by molar-refractivity contribution is 5.88. The van der Waals surface area contributed by atoms with Crippen molar-refractivity contribution >= 4 is 5.97 Å². The Kier molecular flexibility index (Phi) is 10.7. The molecule has 0 aliphatic rings. The summed E-state index contributed by atoms with van der Waals surface area (Å²) in [5, 5.41) is 0. The molecule has 0 saturated heterocycles. The summed E-state index contributed by atoms with van der Waals surface area (Å²) in [5.41, 5.74) is 0.602. The molecule has 0 aliphatic heterocycles. The molecule has 0 heterocycles. The molecule has 0 aromatic heterocycles. The first-order valence-corrected chi connectivity index (χ1v) is 6.91. The average Bonchev–Trinajstić information content (AvgIpc) is 2.40. The first-order chi connectivity index (χ1) is 9.15. The Balaban J connectivity index is 4.18. The lowest BCUT2D eigenvalue weighted by Gasteiger charge is -2.07. The van der Waals surface area contributed by atoms with Crippen LogP contribution in [0.2, 0.25) is 0 Å². The fourth-order valence-electron chi connectivity index (χ4n) is 1.80. The molecule has 0 radical (unpaired) electrons. The van der Waals surface area contributed by atoms with E-state index in [-0.39, 0.29) is 5.97 Å². The molecule has 3 nitrogen and oxygen atoms in total. The zero-order valence-corrected chi connectivity index (χ0v) is 12.2. The second-order valence-corrected chi connectivity index (χ2v) is 4.43. The number of hydrogen-bond acceptors (Lipinski definition) is 3. The van der Waals surface area contributed by atoms with Crippen molar-refractivity contribution in [3.8, 4) is 0 Å². The number of carbonyl (C=O) groups is 1. The van der Waals surface area contributed by atoms with Crippen LogP contribution in [0.25, 0.3) is 0 Å². The van der Waals surface area contributed by atoms with Gasteiger partial charge in [-0.3, -0.25) is 0 Å². The van der Waals surface area contributed by atoms with Gasteiger partial charge in [-0.25, -0.2) is 4.79 Å². The molecule has 0 aliphatic carbocycles. The summed E-state index contributed by atoms with van der Waals surface area (Å²) in [7, 11) is 1.38. The first kappa shape index (κ1) is 17.5. The molecule has 0 saturated carbocycles. The van der Waals surface area contributed by atoms with E-state index in [4.69, 9.17) is 9.47 Å². The molecule has 0 N–H and O–H groups in total. The van der Waals surface area contributed by atoms with Crippen molar-refractivity contribution in [3.63, 3.8) is 0 Å². The van der Waals surface area contributed by atoms with Gasteiger partial charge >= 0.3 is 5.97 Å². The lowest BCUT2D eigenvalue weighted by molar-refractivity contribution is -0.136. The van der Waals surface area contributed by atoms with Crippen LogP contribution in [-0.4, -0.2) is 13.1 Å². The van der Waals surface area contributed by atoms with Crippen molar-refractivity contribution in [2.45, 2.75) is 51.9 Å². The number of unbranched alkanes of at least 4 members (excludes halogenated alkanes) is 5. The van der Waals surface area contributed by atoms with Crippen LogP contribution in [0.1, 0.15) is 51.9 Å². The van der Waals surface area contributed by atoms with E-state index in [1.807, 2.05) is 0 Å². The molecular formula is C16H26O3. The minimum atomic E-state index is -0.317. The Morgan fingerprint density at radius 3 is 2.37 bits per heavy atom. The van der Waals surface area contributed by atoms with Gasteiger partial charge in [0.15, 0.2) is 0 Å². The van der Waals surface area contributed by atoms with E-state index < -0.39 is 0 Å². The van der Waals surface area contributed by atoms with Crippen molar-refractivity contribution in [2.24, 2.45) is 0 Å². The minimum Gasteiger partial charge on any atom is -0.466 e. The molecule has 0 spiro atoms. The number of rotatable bonds is 11. The lowest BCUT2D eigenvalue weighted by atomic mass is 10.0. The summed E-state index contributed by atoms with van der Waals surface area (Å²) in [5.74, 6) is 0.0868. The van der Waals surface area contributed by atoms with Gasteiger partial charge in [-0.1, -0.05) is 52.2 Å². The van der Waals surface area contributed by atoms with Crippen LogP contribution in [0.3, 0.4) is 0 Å². The third-order valence-electron chi connectivity index (χ3n) is 2.82. The molecule has 0 rings (SSSR count). The maximum absolute atomic E-state index is 11.6. The van der Waals surface area contributed by atoms with E-state index in [2.05, 4.69) is 20.1 Å². The van der Waals surface area contributed by atoms with E-state index >= 15 is 0 Å². The standard InChI is InChI=1S/C16H26O3/c1-5-7-8-9-10-11-12-15(16(17)18-4)13-14(3)19-6-2/h6,13H,2-3,5,7-12H2,1,4H3/b15-13+. The van der Waals surface area contributed by atoms with Gasteiger partial charge in [-0.2, -0.15) is 0 Å². The zero-order chi connectivity index (χ0) is 14.5. The number of allylic oxidation sites excluding steroid dienone is 1. The fraction of sp³-hybridized carbons (Fsp3) is 0.562.